The van der Waals surface area contributed by atoms with Crippen LogP contribution >= 0.6 is 11.3 Å². The second-order valence-electron chi connectivity index (χ2n) is 11.1. The molecule has 210 valence electrons. The summed E-state index contributed by atoms with van der Waals surface area (Å²) in [5.41, 5.74) is 2.57. The van der Waals surface area contributed by atoms with Crippen molar-refractivity contribution in [2.24, 2.45) is 0 Å². The maximum Gasteiger partial charge on any atom is 0.254 e. The molecule has 2 unspecified atom stereocenters. The fourth-order valence-electron chi connectivity index (χ4n) is 6.69. The van der Waals surface area contributed by atoms with Crippen LogP contribution in [0.15, 0.2) is 66.0 Å². The predicted octanol–water partition coefficient (Wildman–Crippen LogP) is 5.44. The molecule has 2 amide bonds. The zero-order valence-corrected chi connectivity index (χ0v) is 23.6. The van der Waals surface area contributed by atoms with Crippen LogP contribution in [-0.4, -0.2) is 66.9 Å². The molecule has 0 radical (unpaired) electrons. The number of halogens is 1. The second-order valence-corrected chi connectivity index (χ2v) is 12.1. The number of anilines is 1. The average Bonchev–Trinajstić information content (AvgIpc) is 3.71. The summed E-state index contributed by atoms with van der Waals surface area (Å²) in [5.74, 6) is -0.569. The molecule has 3 aliphatic rings. The molecule has 1 saturated heterocycles. The molecule has 6 rings (SSSR count). The van der Waals surface area contributed by atoms with Crippen LogP contribution in [-0.2, 0) is 4.79 Å². The predicted molar refractivity (Wildman–Crippen MR) is 157 cm³/mol. The lowest BCUT2D eigenvalue weighted by Crippen LogP contribution is -2.51. The van der Waals surface area contributed by atoms with Gasteiger partial charge < -0.3 is 15.1 Å². The molecule has 0 spiro atoms. The average molecular weight is 561 g/mol. The highest BCUT2D eigenvalue weighted by Crippen LogP contribution is 2.47. The van der Waals surface area contributed by atoms with E-state index in [9.17, 15) is 14.0 Å². The number of hydrogen-bond acceptors (Lipinski definition) is 5. The quantitative estimate of drug-likeness (QED) is 0.373. The van der Waals surface area contributed by atoms with Gasteiger partial charge in [-0.05, 0) is 73.1 Å². The molecule has 1 N–H and O–H groups in total. The Kier molecular flexibility index (Phi) is 8.16. The Morgan fingerprint density at radius 1 is 0.950 bits per heavy atom. The first kappa shape index (κ1) is 27.0. The molecular formula is C32H37FN4O2S. The number of nitrogens with zero attached hydrogens (tertiary/aromatic N) is 3. The normalized spacial score (nSPS) is 22.0. The van der Waals surface area contributed by atoms with Crippen LogP contribution in [0.25, 0.3) is 0 Å². The summed E-state index contributed by atoms with van der Waals surface area (Å²) in [7, 11) is 0. The minimum Gasteiger partial charge on any atom is -0.369 e. The van der Waals surface area contributed by atoms with Crippen molar-refractivity contribution in [2.75, 3.05) is 44.2 Å². The highest BCUT2D eigenvalue weighted by molar-refractivity contribution is 7.10. The number of fused-ring (bicyclic) bond motifs is 1. The molecule has 8 heteroatoms. The van der Waals surface area contributed by atoms with Gasteiger partial charge in [0.2, 0.25) is 5.91 Å². The van der Waals surface area contributed by atoms with Gasteiger partial charge in [-0.1, -0.05) is 37.1 Å². The molecule has 6 nitrogen and oxygen atoms in total. The van der Waals surface area contributed by atoms with Crippen LogP contribution in [0.1, 0.15) is 64.9 Å². The van der Waals surface area contributed by atoms with E-state index in [0.717, 1.165) is 81.0 Å². The fraction of sp³-hybridized carbons (Fsp3) is 0.438. The summed E-state index contributed by atoms with van der Waals surface area (Å²) in [6, 6.07) is 18.4. The number of amides is 2. The first-order valence-corrected chi connectivity index (χ1v) is 15.4. The summed E-state index contributed by atoms with van der Waals surface area (Å²) < 4.78 is 13.3. The summed E-state index contributed by atoms with van der Waals surface area (Å²) in [6.07, 6.45) is 5.12. The van der Waals surface area contributed by atoms with E-state index < -0.39 is 5.92 Å². The topological polar surface area (TPSA) is 55.9 Å². The maximum absolute atomic E-state index is 13.9. The molecule has 2 aliphatic heterocycles. The Hall–Kier alpha value is -3.23. The van der Waals surface area contributed by atoms with Gasteiger partial charge in [0.15, 0.2) is 0 Å². The Labute approximate surface area is 239 Å². The van der Waals surface area contributed by atoms with E-state index in [1.807, 2.05) is 52.7 Å². The van der Waals surface area contributed by atoms with E-state index in [2.05, 4.69) is 21.2 Å². The third-order valence-electron chi connectivity index (χ3n) is 8.73. The van der Waals surface area contributed by atoms with Crippen LogP contribution in [0.2, 0.25) is 0 Å². The standard InChI is InChI=1S/C32H37FN4O2S/c33-23-12-14-24(15-13-23)36-20-18-35(19-21-36)17-6-16-34-31(38)29-26-9-3-4-10-27(26)32(39)37(25-7-1-2-8-25)30(29)28-11-5-22-40-28/h3-5,9-15,22,25,29-30H,1-2,6-8,16-21H2,(H,34,38). The van der Waals surface area contributed by atoms with Gasteiger partial charge in [0, 0.05) is 54.9 Å². The first-order valence-electron chi connectivity index (χ1n) is 14.6. The van der Waals surface area contributed by atoms with Crippen LogP contribution in [0.3, 0.4) is 0 Å². The van der Waals surface area contributed by atoms with Gasteiger partial charge in [-0.2, -0.15) is 0 Å². The van der Waals surface area contributed by atoms with Gasteiger partial charge in [0.25, 0.3) is 5.91 Å². The molecular weight excluding hydrogens is 523 g/mol. The Balaban J connectivity index is 1.10. The van der Waals surface area contributed by atoms with Gasteiger partial charge in [-0.25, -0.2) is 4.39 Å². The molecule has 40 heavy (non-hydrogen) atoms. The SMILES string of the molecule is O=C(NCCCN1CCN(c2ccc(F)cc2)CC1)C1c2ccccc2C(=O)N(C2CCCC2)C1c1cccs1. The molecule has 1 saturated carbocycles. The molecule has 1 aromatic heterocycles. The lowest BCUT2D eigenvalue weighted by atomic mass is 9.80. The number of hydrogen-bond donors (Lipinski definition) is 1. The van der Waals surface area contributed by atoms with Crippen molar-refractivity contribution in [3.05, 3.63) is 87.9 Å². The summed E-state index contributed by atoms with van der Waals surface area (Å²) in [4.78, 5) is 35.6. The zero-order valence-electron chi connectivity index (χ0n) is 22.8. The van der Waals surface area contributed by atoms with Crippen molar-refractivity contribution in [3.63, 3.8) is 0 Å². The van der Waals surface area contributed by atoms with Crippen LogP contribution < -0.4 is 10.2 Å². The third kappa shape index (κ3) is 5.52. The number of rotatable bonds is 8. The number of nitrogens with one attached hydrogen (secondary N) is 1. The van der Waals surface area contributed by atoms with Gasteiger partial charge in [-0.3, -0.25) is 14.5 Å². The van der Waals surface area contributed by atoms with Crippen LogP contribution in [0, 0.1) is 5.82 Å². The molecule has 3 aromatic rings. The van der Waals surface area contributed by atoms with E-state index in [1.165, 1.54) is 12.1 Å². The van der Waals surface area contributed by atoms with Gasteiger partial charge in [0.1, 0.15) is 5.82 Å². The Morgan fingerprint density at radius 3 is 2.42 bits per heavy atom. The molecule has 2 atom stereocenters. The Bertz CT molecular complexity index is 1300. The van der Waals surface area contributed by atoms with Crippen molar-refractivity contribution in [2.45, 2.75) is 50.1 Å². The Morgan fingerprint density at radius 2 is 1.70 bits per heavy atom. The second kappa shape index (κ2) is 12.1. The van der Waals surface area contributed by atoms with Crippen LogP contribution in [0.5, 0.6) is 0 Å². The number of carbonyl (C=O) groups excluding carboxylic acids is 2. The van der Waals surface area contributed by atoms with Gasteiger partial charge in [-0.15, -0.1) is 11.3 Å². The molecule has 3 heterocycles. The van der Waals surface area contributed by atoms with Crippen molar-refractivity contribution >= 4 is 28.8 Å². The van der Waals surface area contributed by atoms with E-state index in [1.54, 1.807) is 11.3 Å². The number of piperazine rings is 1. The van der Waals surface area contributed by atoms with E-state index in [-0.39, 0.29) is 29.7 Å². The zero-order chi connectivity index (χ0) is 27.5. The molecule has 2 aromatic carbocycles. The summed E-state index contributed by atoms with van der Waals surface area (Å²) in [5, 5.41) is 5.29. The highest BCUT2D eigenvalue weighted by atomic mass is 32.1. The number of benzene rings is 2. The van der Waals surface area contributed by atoms with E-state index in [4.69, 9.17) is 0 Å². The monoisotopic (exact) mass is 560 g/mol. The van der Waals surface area contributed by atoms with Gasteiger partial charge >= 0.3 is 0 Å². The van der Waals surface area contributed by atoms with Crippen molar-refractivity contribution in [1.82, 2.24) is 15.1 Å². The summed E-state index contributed by atoms with van der Waals surface area (Å²) >= 11 is 1.63. The van der Waals surface area contributed by atoms with Crippen molar-refractivity contribution in [1.29, 1.82) is 0 Å². The molecule has 0 bridgehead atoms. The summed E-state index contributed by atoms with van der Waals surface area (Å²) in [6.45, 7) is 5.22. The van der Waals surface area contributed by atoms with Gasteiger partial charge in [0.05, 0.1) is 12.0 Å². The highest BCUT2D eigenvalue weighted by Gasteiger charge is 2.47. The molecule has 1 aliphatic carbocycles. The minimum absolute atomic E-state index is 0.00229. The molecule has 2 fully saturated rings. The maximum atomic E-state index is 13.9. The van der Waals surface area contributed by atoms with E-state index >= 15 is 0 Å². The first-order chi connectivity index (χ1) is 19.6. The number of thiophene rings is 1. The van der Waals surface area contributed by atoms with Crippen molar-refractivity contribution < 1.29 is 14.0 Å². The largest absolute Gasteiger partial charge is 0.369 e. The minimum atomic E-state index is -0.424. The lowest BCUT2D eigenvalue weighted by molar-refractivity contribution is -0.124. The third-order valence-corrected chi connectivity index (χ3v) is 9.67. The van der Waals surface area contributed by atoms with Crippen LogP contribution in [0.4, 0.5) is 10.1 Å². The fourth-order valence-corrected chi connectivity index (χ4v) is 7.55. The van der Waals surface area contributed by atoms with Crippen molar-refractivity contribution in [3.8, 4) is 0 Å². The van der Waals surface area contributed by atoms with E-state index in [0.29, 0.717) is 12.1 Å². The lowest BCUT2D eigenvalue weighted by Gasteiger charge is -2.44. The number of carbonyl (C=O) groups is 2. The smallest absolute Gasteiger partial charge is 0.254 e.